The average Bonchev–Trinajstić information content (AvgIpc) is 3.48. The largest absolute Gasteiger partial charge is 0.337 e. The topological polar surface area (TPSA) is 91.6 Å². The van der Waals surface area contributed by atoms with Crippen LogP contribution in [0.2, 0.25) is 0 Å². The van der Waals surface area contributed by atoms with Gasteiger partial charge >= 0.3 is 0 Å². The predicted molar refractivity (Wildman–Crippen MR) is 130 cm³/mol. The van der Waals surface area contributed by atoms with E-state index in [-0.39, 0.29) is 17.5 Å². The van der Waals surface area contributed by atoms with Crippen molar-refractivity contribution in [2.24, 2.45) is 0 Å². The third-order valence-corrected chi connectivity index (χ3v) is 5.93. The quantitative estimate of drug-likeness (QED) is 0.387. The highest BCUT2D eigenvalue weighted by molar-refractivity contribution is 5.75. The van der Waals surface area contributed by atoms with Crippen molar-refractivity contribution in [2.45, 2.75) is 46.1 Å². The highest BCUT2D eigenvalue weighted by Gasteiger charge is 2.16. The van der Waals surface area contributed by atoms with Crippen LogP contribution in [0.15, 0.2) is 70.4 Å². The number of aromatic nitrogens is 6. The number of hydrogen-bond acceptors (Lipinski definition) is 6. The Bertz CT molecular complexity index is 1500. The number of hydrogen-bond donors (Lipinski definition) is 0. The molecule has 8 heteroatoms. The standard InChI is InChI=1S/C26H26N6O2/c1-5-17-6-12-20(13-7-17)32-24-21(14-28-32)25(33)31(16-27-24)15-22-29-23(30-34-22)18-8-10-19(11-9-18)26(2,3)4/h6-14,16H,5,15H2,1-4H3. The number of nitrogens with zero attached hydrogens (tertiary/aromatic N) is 6. The molecule has 34 heavy (non-hydrogen) atoms. The molecule has 0 spiro atoms. The van der Waals surface area contributed by atoms with Crippen molar-refractivity contribution >= 4 is 11.0 Å². The molecule has 5 aromatic rings. The first kappa shape index (κ1) is 21.8. The summed E-state index contributed by atoms with van der Waals surface area (Å²) in [5, 5.41) is 8.90. The van der Waals surface area contributed by atoms with Crippen LogP contribution in [0.3, 0.4) is 0 Å². The Hall–Kier alpha value is -4.07. The van der Waals surface area contributed by atoms with Crippen molar-refractivity contribution in [1.82, 2.24) is 29.5 Å². The van der Waals surface area contributed by atoms with Gasteiger partial charge in [-0.05, 0) is 35.1 Å². The second kappa shape index (κ2) is 8.37. The molecule has 0 atom stereocenters. The van der Waals surface area contributed by atoms with Gasteiger partial charge in [-0.1, -0.05) is 69.2 Å². The van der Waals surface area contributed by atoms with Crippen LogP contribution >= 0.6 is 0 Å². The minimum Gasteiger partial charge on any atom is -0.337 e. The van der Waals surface area contributed by atoms with Crippen LogP contribution in [0.5, 0.6) is 0 Å². The van der Waals surface area contributed by atoms with E-state index in [0.717, 1.165) is 17.7 Å². The van der Waals surface area contributed by atoms with Crippen molar-refractivity contribution in [1.29, 1.82) is 0 Å². The highest BCUT2D eigenvalue weighted by atomic mass is 16.5. The van der Waals surface area contributed by atoms with Gasteiger partial charge in [-0.15, -0.1) is 0 Å². The Labute approximate surface area is 196 Å². The van der Waals surface area contributed by atoms with E-state index in [1.807, 2.05) is 36.4 Å². The zero-order valence-electron chi connectivity index (χ0n) is 19.7. The minimum absolute atomic E-state index is 0.0700. The third kappa shape index (κ3) is 4.03. The first-order valence-electron chi connectivity index (χ1n) is 11.3. The third-order valence-electron chi connectivity index (χ3n) is 5.93. The molecule has 0 N–H and O–H groups in total. The Morgan fingerprint density at radius 3 is 2.41 bits per heavy atom. The van der Waals surface area contributed by atoms with Gasteiger partial charge in [-0.25, -0.2) is 9.67 Å². The first-order chi connectivity index (χ1) is 16.3. The van der Waals surface area contributed by atoms with Crippen molar-refractivity contribution in [2.75, 3.05) is 0 Å². The summed E-state index contributed by atoms with van der Waals surface area (Å²) in [4.78, 5) is 22.0. The number of benzene rings is 2. The van der Waals surface area contributed by atoms with Crippen LogP contribution in [0, 0.1) is 0 Å². The van der Waals surface area contributed by atoms with Crippen LogP contribution in [0.4, 0.5) is 0 Å². The Morgan fingerprint density at radius 2 is 1.74 bits per heavy atom. The van der Waals surface area contributed by atoms with E-state index in [9.17, 15) is 4.79 Å². The Balaban J connectivity index is 1.40. The van der Waals surface area contributed by atoms with Crippen LogP contribution in [0.1, 0.15) is 44.7 Å². The fraction of sp³-hybridized carbons (Fsp3) is 0.269. The first-order valence-corrected chi connectivity index (χ1v) is 11.3. The molecule has 0 radical (unpaired) electrons. The molecule has 0 amide bonds. The van der Waals surface area contributed by atoms with Crippen LogP contribution in [0.25, 0.3) is 28.1 Å². The summed E-state index contributed by atoms with van der Waals surface area (Å²) in [5.74, 6) is 0.821. The van der Waals surface area contributed by atoms with Gasteiger partial charge in [0.1, 0.15) is 18.3 Å². The molecule has 8 nitrogen and oxygen atoms in total. The Kier molecular flexibility index (Phi) is 5.36. The summed E-state index contributed by atoms with van der Waals surface area (Å²) >= 11 is 0. The van der Waals surface area contributed by atoms with E-state index in [1.165, 1.54) is 22.0 Å². The lowest BCUT2D eigenvalue weighted by molar-refractivity contribution is 0.369. The molecule has 0 aliphatic carbocycles. The number of aryl methyl sites for hydroxylation is 1. The summed E-state index contributed by atoms with van der Waals surface area (Å²) < 4.78 is 8.54. The second-order valence-corrected chi connectivity index (χ2v) is 9.33. The molecule has 172 valence electrons. The van der Waals surface area contributed by atoms with E-state index in [2.05, 4.69) is 60.1 Å². The molecular weight excluding hydrogens is 428 g/mol. The molecule has 0 bridgehead atoms. The van der Waals surface area contributed by atoms with Gasteiger partial charge < -0.3 is 4.52 Å². The number of fused-ring (bicyclic) bond motifs is 1. The van der Waals surface area contributed by atoms with Gasteiger partial charge in [-0.2, -0.15) is 10.1 Å². The van der Waals surface area contributed by atoms with Crippen molar-refractivity contribution in [3.63, 3.8) is 0 Å². The van der Waals surface area contributed by atoms with Crippen molar-refractivity contribution in [3.05, 3.63) is 88.4 Å². The average molecular weight is 455 g/mol. The van der Waals surface area contributed by atoms with Crippen LogP contribution in [-0.4, -0.2) is 29.5 Å². The maximum absolute atomic E-state index is 13.1. The predicted octanol–water partition coefficient (Wildman–Crippen LogP) is 4.54. The van der Waals surface area contributed by atoms with E-state index >= 15 is 0 Å². The number of rotatable bonds is 5. The molecule has 0 aliphatic rings. The van der Waals surface area contributed by atoms with Crippen LogP contribution in [-0.2, 0) is 18.4 Å². The molecule has 5 rings (SSSR count). The molecule has 3 heterocycles. The summed E-state index contributed by atoms with van der Waals surface area (Å²) in [7, 11) is 0. The van der Waals surface area contributed by atoms with Crippen LogP contribution < -0.4 is 5.56 Å². The zero-order valence-corrected chi connectivity index (χ0v) is 19.7. The molecule has 0 fully saturated rings. The molecule has 0 unspecified atom stereocenters. The zero-order chi connectivity index (χ0) is 23.9. The summed E-state index contributed by atoms with van der Waals surface area (Å²) in [5.41, 5.74) is 4.55. The normalized spacial score (nSPS) is 11.9. The van der Waals surface area contributed by atoms with E-state index in [0.29, 0.717) is 22.7 Å². The Morgan fingerprint density at radius 1 is 1.00 bits per heavy atom. The monoisotopic (exact) mass is 454 g/mol. The molecule has 0 saturated heterocycles. The minimum atomic E-state index is -0.212. The fourth-order valence-corrected chi connectivity index (χ4v) is 3.82. The molecule has 2 aromatic carbocycles. The fourth-order valence-electron chi connectivity index (χ4n) is 3.82. The van der Waals surface area contributed by atoms with Gasteiger partial charge in [0.05, 0.1) is 11.9 Å². The second-order valence-electron chi connectivity index (χ2n) is 9.33. The van der Waals surface area contributed by atoms with Gasteiger partial charge in [0, 0.05) is 5.56 Å². The van der Waals surface area contributed by atoms with Gasteiger partial charge in [0.2, 0.25) is 11.7 Å². The lowest BCUT2D eigenvalue weighted by Gasteiger charge is -2.18. The summed E-state index contributed by atoms with van der Waals surface area (Å²) in [6.07, 6.45) is 4.00. The van der Waals surface area contributed by atoms with Gasteiger partial charge in [0.15, 0.2) is 5.65 Å². The van der Waals surface area contributed by atoms with E-state index < -0.39 is 0 Å². The lowest BCUT2D eigenvalue weighted by atomic mass is 9.87. The molecule has 0 aliphatic heterocycles. The van der Waals surface area contributed by atoms with Gasteiger partial charge in [-0.3, -0.25) is 9.36 Å². The van der Waals surface area contributed by atoms with E-state index in [1.54, 1.807) is 10.9 Å². The van der Waals surface area contributed by atoms with Crippen molar-refractivity contribution in [3.8, 4) is 17.1 Å². The molecule has 0 saturated carbocycles. The van der Waals surface area contributed by atoms with Gasteiger partial charge in [0.25, 0.3) is 5.56 Å². The van der Waals surface area contributed by atoms with E-state index in [4.69, 9.17) is 4.52 Å². The summed E-state index contributed by atoms with van der Waals surface area (Å²) in [6, 6.07) is 16.2. The smallest absolute Gasteiger partial charge is 0.264 e. The maximum atomic E-state index is 13.1. The summed E-state index contributed by atoms with van der Waals surface area (Å²) in [6.45, 7) is 8.75. The lowest BCUT2D eigenvalue weighted by Crippen LogP contribution is -2.21. The molecule has 3 aromatic heterocycles. The maximum Gasteiger partial charge on any atom is 0.264 e. The van der Waals surface area contributed by atoms with Crippen molar-refractivity contribution < 1.29 is 4.52 Å². The highest BCUT2D eigenvalue weighted by Crippen LogP contribution is 2.25. The SMILES string of the molecule is CCc1ccc(-n2ncc3c(=O)n(Cc4nc(-c5ccc(C(C)(C)C)cc5)no4)cnc32)cc1. The molecular formula is C26H26N6O2.